The van der Waals surface area contributed by atoms with Gasteiger partial charge in [-0.3, -0.25) is 4.90 Å². The number of halogens is 1. The predicted molar refractivity (Wildman–Crippen MR) is 104 cm³/mol. The molecule has 1 aliphatic heterocycles. The fourth-order valence-corrected chi connectivity index (χ4v) is 4.22. The number of piperidine rings is 1. The van der Waals surface area contributed by atoms with Crippen LogP contribution in [0.5, 0.6) is 0 Å². The summed E-state index contributed by atoms with van der Waals surface area (Å²) in [4.78, 5) is 14.4. The first-order chi connectivity index (χ1) is 11.7. The van der Waals surface area contributed by atoms with Crippen LogP contribution in [0.4, 0.5) is 4.79 Å². The maximum atomic E-state index is 11.8. The molecule has 1 saturated heterocycles. The molecule has 0 aromatic heterocycles. The minimum Gasteiger partial charge on any atom is -0.444 e. The summed E-state index contributed by atoms with van der Waals surface area (Å²) in [6.45, 7) is 11.1. The number of carbonyl (C=O) groups excluding carboxylic acids is 1. The van der Waals surface area contributed by atoms with E-state index in [1.165, 1.54) is 5.56 Å². The predicted octanol–water partition coefficient (Wildman–Crippen LogP) is 4.08. The van der Waals surface area contributed by atoms with E-state index >= 15 is 0 Å². The third-order valence-electron chi connectivity index (χ3n) is 5.35. The van der Waals surface area contributed by atoms with Crippen molar-refractivity contribution in [2.45, 2.75) is 45.8 Å². The molecule has 5 heteroatoms. The van der Waals surface area contributed by atoms with Gasteiger partial charge in [-0.1, -0.05) is 28.1 Å². The number of hydrogen-bond donors (Lipinski definition) is 1. The van der Waals surface area contributed by atoms with E-state index in [-0.39, 0.29) is 6.09 Å². The van der Waals surface area contributed by atoms with Crippen LogP contribution in [0.15, 0.2) is 28.7 Å². The van der Waals surface area contributed by atoms with Crippen LogP contribution in [0.2, 0.25) is 0 Å². The lowest BCUT2D eigenvalue weighted by Gasteiger charge is -2.27. The number of nitrogens with zero attached hydrogens (tertiary/aromatic N) is 1. The number of rotatable bonds is 5. The van der Waals surface area contributed by atoms with E-state index in [1.54, 1.807) is 0 Å². The van der Waals surface area contributed by atoms with Crippen molar-refractivity contribution in [1.82, 2.24) is 10.2 Å². The Morgan fingerprint density at radius 1 is 1.28 bits per heavy atom. The number of hydrogen-bond acceptors (Lipinski definition) is 3. The second-order valence-corrected chi connectivity index (χ2v) is 9.42. The first-order valence-electron chi connectivity index (χ1n) is 9.18. The molecule has 25 heavy (non-hydrogen) atoms. The summed E-state index contributed by atoms with van der Waals surface area (Å²) in [6, 6.07) is 9.19. The maximum absolute atomic E-state index is 11.8. The number of amides is 1. The van der Waals surface area contributed by atoms with Crippen molar-refractivity contribution in [2.24, 2.45) is 17.8 Å². The monoisotopic (exact) mass is 408 g/mol. The van der Waals surface area contributed by atoms with Gasteiger partial charge in [0.1, 0.15) is 5.60 Å². The van der Waals surface area contributed by atoms with E-state index in [1.807, 2.05) is 20.8 Å². The summed E-state index contributed by atoms with van der Waals surface area (Å²) in [7, 11) is 0. The average Bonchev–Trinajstić information content (AvgIpc) is 2.96. The smallest absolute Gasteiger partial charge is 0.407 e. The second kappa shape index (κ2) is 7.28. The Hall–Kier alpha value is -1.07. The van der Waals surface area contributed by atoms with Crippen molar-refractivity contribution in [3.63, 3.8) is 0 Å². The number of alkyl carbamates (subject to hydrolysis) is 1. The van der Waals surface area contributed by atoms with E-state index in [2.05, 4.69) is 57.3 Å². The number of fused-ring (bicyclic) bond motifs is 1. The number of carbonyl (C=O) groups is 1. The number of benzene rings is 1. The molecule has 0 radical (unpaired) electrons. The highest BCUT2D eigenvalue weighted by Gasteiger charge is 2.55. The van der Waals surface area contributed by atoms with Crippen LogP contribution >= 0.6 is 15.9 Å². The molecule has 3 atom stereocenters. The van der Waals surface area contributed by atoms with Crippen molar-refractivity contribution in [3.8, 4) is 0 Å². The lowest BCUT2D eigenvalue weighted by atomic mass is 10.1. The van der Waals surface area contributed by atoms with Gasteiger partial charge < -0.3 is 10.1 Å². The van der Waals surface area contributed by atoms with E-state index in [0.29, 0.717) is 12.0 Å². The number of ether oxygens (including phenoxy) is 1. The Morgan fingerprint density at radius 2 is 1.88 bits per heavy atom. The van der Waals surface area contributed by atoms with Crippen molar-refractivity contribution in [3.05, 3.63) is 34.3 Å². The van der Waals surface area contributed by atoms with Crippen LogP contribution in [-0.4, -0.2) is 42.3 Å². The highest BCUT2D eigenvalue weighted by Crippen LogP contribution is 2.51. The molecule has 0 spiro atoms. The van der Waals surface area contributed by atoms with Crippen LogP contribution in [0.3, 0.4) is 0 Å². The molecular formula is C20H29BrN2O2. The highest BCUT2D eigenvalue weighted by atomic mass is 79.9. The Balaban J connectivity index is 1.39. The molecule has 4 nitrogen and oxygen atoms in total. The number of likely N-dealkylation sites (tertiary alicyclic amines) is 1. The van der Waals surface area contributed by atoms with Gasteiger partial charge in [-0.05, 0) is 69.6 Å². The SMILES string of the molecule is C[C@H](Cc1ccc(Br)cc1)N1CC2C(CNC(=O)OC(C)(C)C)C2C1. The maximum Gasteiger partial charge on any atom is 0.407 e. The van der Waals surface area contributed by atoms with Gasteiger partial charge in [-0.15, -0.1) is 0 Å². The van der Waals surface area contributed by atoms with Gasteiger partial charge in [0.05, 0.1) is 0 Å². The topological polar surface area (TPSA) is 41.6 Å². The summed E-state index contributed by atoms with van der Waals surface area (Å²) in [5.74, 6) is 2.10. The standard InChI is InChI=1S/C20H29BrN2O2/c1-13(9-14-5-7-15(21)8-6-14)23-11-17-16(18(17)12-23)10-22-19(24)25-20(2,3)4/h5-8,13,16-18H,9-12H2,1-4H3,(H,22,24)/t13-,16?,17?,18?/m1/s1. The van der Waals surface area contributed by atoms with E-state index < -0.39 is 5.60 Å². The molecule has 2 aliphatic rings. The minimum atomic E-state index is -0.428. The van der Waals surface area contributed by atoms with Gasteiger partial charge in [0.2, 0.25) is 0 Å². The van der Waals surface area contributed by atoms with E-state index in [4.69, 9.17) is 4.74 Å². The molecule has 2 fully saturated rings. The molecule has 1 saturated carbocycles. The lowest BCUT2D eigenvalue weighted by molar-refractivity contribution is 0.0522. The highest BCUT2D eigenvalue weighted by molar-refractivity contribution is 9.10. The summed E-state index contributed by atoms with van der Waals surface area (Å²) in [6.07, 6.45) is 0.797. The fraction of sp³-hybridized carbons (Fsp3) is 0.650. The molecular weight excluding hydrogens is 380 g/mol. The molecule has 2 unspecified atom stereocenters. The van der Waals surface area contributed by atoms with Gasteiger partial charge in [0.25, 0.3) is 0 Å². The minimum absolute atomic E-state index is 0.294. The van der Waals surface area contributed by atoms with Crippen LogP contribution in [0.25, 0.3) is 0 Å². The van der Waals surface area contributed by atoms with Crippen molar-refractivity contribution in [1.29, 1.82) is 0 Å². The molecule has 1 aromatic carbocycles. The number of nitrogens with one attached hydrogen (secondary N) is 1. The van der Waals surface area contributed by atoms with Crippen LogP contribution < -0.4 is 5.32 Å². The molecule has 1 aromatic rings. The zero-order chi connectivity index (χ0) is 18.2. The summed E-state index contributed by atoms with van der Waals surface area (Å²) in [5, 5.41) is 2.93. The molecule has 138 valence electrons. The lowest BCUT2D eigenvalue weighted by Crippen LogP contribution is -2.37. The zero-order valence-corrected chi connectivity index (χ0v) is 17.2. The molecule has 0 bridgehead atoms. The third-order valence-corrected chi connectivity index (χ3v) is 5.88. The van der Waals surface area contributed by atoms with E-state index in [9.17, 15) is 4.79 Å². The Bertz CT molecular complexity index is 599. The molecule has 1 N–H and O–H groups in total. The van der Waals surface area contributed by atoms with Gasteiger partial charge >= 0.3 is 6.09 Å². The Labute approximate surface area is 159 Å². The first-order valence-corrected chi connectivity index (χ1v) is 9.97. The molecule has 1 aliphatic carbocycles. The van der Waals surface area contributed by atoms with Gasteiger partial charge in [-0.25, -0.2) is 4.79 Å². The first kappa shape index (κ1) is 18.7. The van der Waals surface area contributed by atoms with Gasteiger partial charge in [0.15, 0.2) is 0 Å². The summed E-state index contributed by atoms with van der Waals surface area (Å²) < 4.78 is 6.44. The average molecular weight is 409 g/mol. The molecule has 1 heterocycles. The quantitative estimate of drug-likeness (QED) is 0.797. The van der Waals surface area contributed by atoms with Crippen molar-refractivity contribution < 1.29 is 9.53 Å². The normalized spacial score (nSPS) is 26.8. The third kappa shape index (κ3) is 4.98. The van der Waals surface area contributed by atoms with Gasteiger partial charge in [-0.2, -0.15) is 0 Å². The second-order valence-electron chi connectivity index (χ2n) is 8.51. The Morgan fingerprint density at radius 3 is 2.44 bits per heavy atom. The summed E-state index contributed by atoms with van der Waals surface area (Å²) in [5.41, 5.74) is 0.961. The van der Waals surface area contributed by atoms with Crippen LogP contribution in [0, 0.1) is 17.8 Å². The molecule has 1 amide bonds. The van der Waals surface area contributed by atoms with E-state index in [0.717, 1.165) is 42.4 Å². The van der Waals surface area contributed by atoms with Crippen molar-refractivity contribution >= 4 is 22.0 Å². The summed E-state index contributed by atoms with van der Waals surface area (Å²) >= 11 is 3.49. The van der Waals surface area contributed by atoms with Crippen molar-refractivity contribution in [2.75, 3.05) is 19.6 Å². The largest absolute Gasteiger partial charge is 0.444 e. The fourth-order valence-electron chi connectivity index (χ4n) is 3.95. The molecule has 3 rings (SSSR count). The van der Waals surface area contributed by atoms with Crippen LogP contribution in [-0.2, 0) is 11.2 Å². The Kier molecular flexibility index (Phi) is 5.45. The zero-order valence-electron chi connectivity index (χ0n) is 15.6. The van der Waals surface area contributed by atoms with Crippen LogP contribution in [0.1, 0.15) is 33.3 Å². The van der Waals surface area contributed by atoms with Gasteiger partial charge in [0, 0.05) is 30.1 Å².